The van der Waals surface area contributed by atoms with Crippen LogP contribution < -0.4 is 9.88 Å². The highest BCUT2D eigenvalue weighted by molar-refractivity contribution is 7.77. The number of aromatic nitrogens is 1. The number of ether oxygens (including phenoxy) is 1. The van der Waals surface area contributed by atoms with Gasteiger partial charge in [-0.1, -0.05) is 61.2 Å². The van der Waals surface area contributed by atoms with Crippen LogP contribution in [0.2, 0.25) is 0 Å². The zero-order valence-corrected chi connectivity index (χ0v) is 19.4. The van der Waals surface area contributed by atoms with E-state index in [9.17, 15) is 0 Å². The van der Waals surface area contributed by atoms with E-state index in [1.807, 2.05) is 12.1 Å². The smallest absolute Gasteiger partial charge is 0.120 e. The van der Waals surface area contributed by atoms with Crippen molar-refractivity contribution in [3.05, 3.63) is 94.5 Å². The first-order chi connectivity index (χ1) is 15.3. The number of thiol groups is 1. The zero-order valence-electron chi connectivity index (χ0n) is 17.7. The fourth-order valence-corrected chi connectivity index (χ4v) is 4.56. The van der Waals surface area contributed by atoms with Crippen LogP contribution in [0, 0.1) is 11.8 Å². The summed E-state index contributed by atoms with van der Waals surface area (Å²) in [6, 6.07) is 25.3. The average Bonchev–Trinajstić information content (AvgIpc) is 3.26. The summed E-state index contributed by atoms with van der Waals surface area (Å²) in [5, 5.41) is 5.32. The van der Waals surface area contributed by atoms with Crippen LogP contribution >= 0.6 is 24.2 Å². The Morgan fingerprint density at radius 1 is 1.03 bits per heavy atom. The van der Waals surface area contributed by atoms with E-state index >= 15 is 0 Å². The predicted octanol–water partition coefficient (Wildman–Crippen LogP) is 6.23. The van der Waals surface area contributed by atoms with Crippen molar-refractivity contribution in [2.75, 3.05) is 7.11 Å². The molecule has 4 aromatic rings. The van der Waals surface area contributed by atoms with Gasteiger partial charge in [0, 0.05) is 17.9 Å². The minimum Gasteiger partial charge on any atom is -0.497 e. The van der Waals surface area contributed by atoms with Gasteiger partial charge in [-0.05, 0) is 47.9 Å². The maximum atomic E-state index is 5.38. The number of thiazole rings is 1. The molecule has 1 unspecified atom stereocenters. The number of hydrogen-bond donors (Lipinski definition) is 2. The standard InChI is InChI=1S/C26H23NOS.H3NS/c1-3-4-9-19-10-8-11-20(16-19)17-23(21-12-6-5-7-13-21)26-27-24-15-14-22(28-2)18-25(24)29-26;1-2/h5-8,10-16,18,23H,3,17H2,1-2H3;2H,1H2. The molecule has 0 aliphatic carbocycles. The number of fused-ring (bicyclic) bond motifs is 1. The second-order valence-electron chi connectivity index (χ2n) is 6.91. The van der Waals surface area contributed by atoms with E-state index in [0.29, 0.717) is 0 Å². The summed E-state index contributed by atoms with van der Waals surface area (Å²) in [6.07, 6.45) is 1.76. The van der Waals surface area contributed by atoms with Crippen molar-refractivity contribution in [1.29, 1.82) is 0 Å². The van der Waals surface area contributed by atoms with Crippen LogP contribution in [0.1, 0.15) is 41.0 Å². The van der Waals surface area contributed by atoms with Crippen LogP contribution in [0.3, 0.4) is 0 Å². The second-order valence-corrected chi connectivity index (χ2v) is 7.97. The molecule has 5 heteroatoms. The Kier molecular flexibility index (Phi) is 8.54. The number of nitrogens with two attached hydrogens (primary N) is 1. The highest BCUT2D eigenvalue weighted by Crippen LogP contribution is 2.35. The molecule has 0 radical (unpaired) electrons. The van der Waals surface area contributed by atoms with Gasteiger partial charge in [0.1, 0.15) is 10.8 Å². The van der Waals surface area contributed by atoms with Crippen molar-refractivity contribution in [1.82, 2.24) is 4.98 Å². The number of nitrogens with zero attached hydrogens (tertiary/aromatic N) is 1. The highest BCUT2D eigenvalue weighted by atomic mass is 32.1. The molecular weight excluding hydrogens is 420 g/mol. The lowest BCUT2D eigenvalue weighted by Gasteiger charge is -2.15. The van der Waals surface area contributed by atoms with Crippen LogP contribution in [0.15, 0.2) is 72.8 Å². The average molecular weight is 447 g/mol. The fraction of sp³-hybridized carbons (Fsp3) is 0.192. The Hall–Kier alpha value is -2.78. The minimum absolute atomic E-state index is 0.203. The lowest BCUT2D eigenvalue weighted by atomic mass is 9.92. The molecular formula is C26H26N2OS2. The lowest BCUT2D eigenvalue weighted by Crippen LogP contribution is -2.05. The first-order valence-corrected chi connectivity index (χ1v) is 11.4. The van der Waals surface area contributed by atoms with Crippen molar-refractivity contribution in [2.45, 2.75) is 25.7 Å². The van der Waals surface area contributed by atoms with E-state index < -0.39 is 0 Å². The van der Waals surface area contributed by atoms with Crippen LogP contribution in [-0.4, -0.2) is 12.1 Å². The number of methoxy groups -OCH3 is 1. The van der Waals surface area contributed by atoms with Crippen molar-refractivity contribution in [3.63, 3.8) is 0 Å². The highest BCUT2D eigenvalue weighted by Gasteiger charge is 2.19. The Balaban J connectivity index is 0.00000132. The normalized spacial score (nSPS) is 11.1. The molecule has 3 aromatic carbocycles. The van der Waals surface area contributed by atoms with E-state index in [-0.39, 0.29) is 5.92 Å². The third-order valence-corrected chi connectivity index (χ3v) is 6.02. The lowest BCUT2D eigenvalue weighted by molar-refractivity contribution is 0.415. The molecule has 0 aliphatic heterocycles. The van der Waals surface area contributed by atoms with Gasteiger partial charge in [0.15, 0.2) is 0 Å². The molecule has 0 fully saturated rings. The minimum atomic E-state index is 0.203. The summed E-state index contributed by atoms with van der Waals surface area (Å²) in [5.74, 6) is 7.48. The van der Waals surface area contributed by atoms with Gasteiger partial charge in [0.25, 0.3) is 0 Å². The summed E-state index contributed by atoms with van der Waals surface area (Å²) in [5.41, 5.74) is 4.65. The van der Waals surface area contributed by atoms with E-state index in [1.165, 1.54) is 11.1 Å². The van der Waals surface area contributed by atoms with E-state index in [1.54, 1.807) is 18.4 Å². The Morgan fingerprint density at radius 2 is 1.84 bits per heavy atom. The van der Waals surface area contributed by atoms with E-state index in [0.717, 1.165) is 39.4 Å². The van der Waals surface area contributed by atoms with Crippen LogP contribution in [0.5, 0.6) is 5.75 Å². The second kappa shape index (κ2) is 11.6. The van der Waals surface area contributed by atoms with Gasteiger partial charge >= 0.3 is 0 Å². The summed E-state index contributed by atoms with van der Waals surface area (Å²) in [4.78, 5) is 4.97. The molecule has 4 rings (SSSR count). The number of benzene rings is 3. The van der Waals surface area contributed by atoms with E-state index in [4.69, 9.17) is 9.72 Å². The van der Waals surface area contributed by atoms with Gasteiger partial charge in [-0.15, -0.1) is 24.2 Å². The summed E-state index contributed by atoms with van der Waals surface area (Å²) >= 11 is 4.78. The zero-order chi connectivity index (χ0) is 22.1. The van der Waals surface area contributed by atoms with Crippen molar-refractivity contribution >= 4 is 34.4 Å². The van der Waals surface area contributed by atoms with Crippen molar-refractivity contribution < 1.29 is 4.74 Å². The third kappa shape index (κ3) is 5.89. The van der Waals surface area contributed by atoms with Gasteiger partial charge in [-0.3, -0.25) is 5.14 Å². The number of rotatable bonds is 5. The molecule has 0 saturated carbocycles. The maximum absolute atomic E-state index is 5.38. The molecule has 158 valence electrons. The summed E-state index contributed by atoms with van der Waals surface area (Å²) < 4.78 is 6.54. The summed E-state index contributed by atoms with van der Waals surface area (Å²) in [6.45, 7) is 2.07. The van der Waals surface area contributed by atoms with Crippen molar-refractivity contribution in [3.8, 4) is 17.6 Å². The molecule has 0 saturated heterocycles. The Morgan fingerprint density at radius 3 is 2.58 bits per heavy atom. The van der Waals surface area contributed by atoms with Gasteiger partial charge in [-0.2, -0.15) is 0 Å². The molecule has 1 aromatic heterocycles. The molecule has 31 heavy (non-hydrogen) atoms. The third-order valence-electron chi connectivity index (χ3n) is 4.89. The van der Waals surface area contributed by atoms with Gasteiger partial charge in [0.05, 0.1) is 17.3 Å². The van der Waals surface area contributed by atoms with Crippen LogP contribution in [-0.2, 0) is 6.42 Å². The first-order valence-electron chi connectivity index (χ1n) is 10.1. The molecule has 3 nitrogen and oxygen atoms in total. The number of hydrogen-bond acceptors (Lipinski definition) is 5. The van der Waals surface area contributed by atoms with Gasteiger partial charge in [0.2, 0.25) is 0 Å². The van der Waals surface area contributed by atoms with Crippen LogP contribution in [0.25, 0.3) is 10.2 Å². The molecule has 0 amide bonds. The monoisotopic (exact) mass is 446 g/mol. The molecule has 1 heterocycles. The van der Waals surface area contributed by atoms with Gasteiger partial charge < -0.3 is 4.74 Å². The maximum Gasteiger partial charge on any atom is 0.120 e. The predicted molar refractivity (Wildman–Crippen MR) is 135 cm³/mol. The molecule has 2 N–H and O–H groups in total. The van der Waals surface area contributed by atoms with E-state index in [2.05, 4.69) is 97.4 Å². The van der Waals surface area contributed by atoms with Gasteiger partial charge in [-0.25, -0.2) is 4.98 Å². The Labute approximate surface area is 193 Å². The molecule has 0 spiro atoms. The first kappa shape index (κ1) is 22.9. The fourth-order valence-electron chi connectivity index (χ4n) is 3.43. The Bertz CT molecular complexity index is 1180. The topological polar surface area (TPSA) is 48.1 Å². The molecule has 1 atom stereocenters. The van der Waals surface area contributed by atoms with Crippen LogP contribution in [0.4, 0.5) is 0 Å². The summed E-state index contributed by atoms with van der Waals surface area (Å²) in [7, 11) is 1.70. The van der Waals surface area contributed by atoms with Crippen molar-refractivity contribution in [2.24, 2.45) is 5.14 Å². The molecule has 0 bridgehead atoms. The SMILES string of the molecule is CCC#Cc1cccc(CC(c2ccccc2)c2nc3ccc(OC)cc3s2)c1.NS. The largest absolute Gasteiger partial charge is 0.497 e. The molecule has 0 aliphatic rings. The quantitative estimate of drug-likeness (QED) is 0.282.